The largest absolute Gasteiger partial charge is 0.326 e. The number of carbonyl (C=O) groups excluding carboxylic acids is 4. The molecule has 0 aliphatic heterocycles. The Morgan fingerprint density at radius 2 is 0.800 bits per heavy atom. The summed E-state index contributed by atoms with van der Waals surface area (Å²) in [7, 11) is 0. The van der Waals surface area contributed by atoms with Crippen LogP contribution in [0.3, 0.4) is 0 Å². The maximum atomic E-state index is 12.3. The van der Waals surface area contributed by atoms with E-state index in [9.17, 15) is 19.2 Å². The molecule has 0 unspecified atom stereocenters. The van der Waals surface area contributed by atoms with Crippen molar-refractivity contribution in [1.29, 1.82) is 0 Å². The van der Waals surface area contributed by atoms with Gasteiger partial charge in [0, 0.05) is 36.6 Å². The molecule has 8 nitrogen and oxygen atoms in total. The summed E-state index contributed by atoms with van der Waals surface area (Å²) < 4.78 is 0. The molecular weight excluding hydrogens is 384 g/mol. The van der Waals surface area contributed by atoms with Crippen LogP contribution >= 0.6 is 0 Å². The lowest BCUT2D eigenvalue weighted by atomic mass is 10.1. The Bertz CT molecular complexity index is 914. The van der Waals surface area contributed by atoms with E-state index in [1.165, 1.54) is 13.8 Å². The second-order valence-electron chi connectivity index (χ2n) is 7.24. The lowest BCUT2D eigenvalue weighted by molar-refractivity contribution is -0.132. The van der Waals surface area contributed by atoms with Crippen molar-refractivity contribution in [3.63, 3.8) is 0 Å². The smallest absolute Gasteiger partial charge is 0.314 e. The lowest BCUT2D eigenvalue weighted by Crippen LogP contribution is -2.29. The minimum Gasteiger partial charge on any atom is -0.326 e. The summed E-state index contributed by atoms with van der Waals surface area (Å²) >= 11 is 0. The molecule has 2 aromatic carbocycles. The molecule has 0 aromatic heterocycles. The Morgan fingerprint density at radius 1 is 0.533 bits per heavy atom. The Morgan fingerprint density at radius 3 is 1.03 bits per heavy atom. The summed E-state index contributed by atoms with van der Waals surface area (Å²) in [5, 5.41) is 10.6. The van der Waals surface area contributed by atoms with E-state index >= 15 is 0 Å². The molecule has 0 radical (unpaired) electrons. The van der Waals surface area contributed by atoms with Crippen molar-refractivity contribution in [2.75, 3.05) is 21.3 Å². The van der Waals surface area contributed by atoms with Crippen molar-refractivity contribution in [3.05, 3.63) is 46.5 Å². The summed E-state index contributed by atoms with van der Waals surface area (Å²) in [6, 6.07) is 6.72. The van der Waals surface area contributed by atoms with Crippen molar-refractivity contribution in [1.82, 2.24) is 0 Å². The molecule has 0 aliphatic carbocycles. The number of hydrogen-bond acceptors (Lipinski definition) is 4. The summed E-state index contributed by atoms with van der Waals surface area (Å²) in [5.41, 5.74) is 5.31. The molecule has 30 heavy (non-hydrogen) atoms. The first-order valence-electron chi connectivity index (χ1n) is 9.38. The fraction of sp³-hybridized carbons (Fsp3) is 0.273. The van der Waals surface area contributed by atoms with E-state index in [0.29, 0.717) is 22.7 Å². The molecule has 0 saturated heterocycles. The molecule has 0 bridgehead atoms. The van der Waals surface area contributed by atoms with Crippen LogP contribution in [0.25, 0.3) is 0 Å². The van der Waals surface area contributed by atoms with E-state index in [4.69, 9.17) is 0 Å². The van der Waals surface area contributed by atoms with Crippen LogP contribution in [0.15, 0.2) is 24.3 Å². The van der Waals surface area contributed by atoms with Crippen molar-refractivity contribution in [2.24, 2.45) is 0 Å². The molecule has 2 rings (SSSR count). The Balaban J connectivity index is 2.13. The minimum absolute atomic E-state index is 0.188. The Kier molecular flexibility index (Phi) is 6.94. The monoisotopic (exact) mass is 410 g/mol. The lowest BCUT2D eigenvalue weighted by Gasteiger charge is -2.15. The van der Waals surface area contributed by atoms with E-state index in [1.54, 1.807) is 52.0 Å². The topological polar surface area (TPSA) is 116 Å². The van der Waals surface area contributed by atoms with Gasteiger partial charge in [-0.25, -0.2) is 0 Å². The van der Waals surface area contributed by atoms with Crippen molar-refractivity contribution in [3.8, 4) is 0 Å². The summed E-state index contributed by atoms with van der Waals surface area (Å²) in [5.74, 6) is -2.01. The number of rotatable bonds is 4. The van der Waals surface area contributed by atoms with Gasteiger partial charge in [-0.2, -0.15) is 0 Å². The van der Waals surface area contributed by atoms with Gasteiger partial charge in [0.25, 0.3) is 0 Å². The number of anilines is 4. The van der Waals surface area contributed by atoms with Crippen molar-refractivity contribution >= 4 is 46.4 Å². The molecule has 2 aromatic rings. The number of aryl methyl sites for hydroxylation is 4. The third-order valence-corrected chi connectivity index (χ3v) is 4.39. The molecule has 0 atom stereocenters. The highest BCUT2D eigenvalue weighted by molar-refractivity contribution is 6.43. The van der Waals surface area contributed by atoms with Crippen LogP contribution in [0.5, 0.6) is 0 Å². The van der Waals surface area contributed by atoms with Gasteiger partial charge in [-0.1, -0.05) is 0 Å². The van der Waals surface area contributed by atoms with E-state index in [-0.39, 0.29) is 11.8 Å². The first-order valence-corrected chi connectivity index (χ1v) is 9.38. The van der Waals surface area contributed by atoms with E-state index < -0.39 is 11.8 Å². The molecule has 8 heteroatoms. The zero-order valence-corrected chi connectivity index (χ0v) is 17.9. The number of amides is 4. The maximum absolute atomic E-state index is 12.3. The fourth-order valence-corrected chi connectivity index (χ4v) is 3.19. The fourth-order valence-electron chi connectivity index (χ4n) is 3.19. The van der Waals surface area contributed by atoms with Gasteiger partial charge in [0.15, 0.2) is 0 Å². The van der Waals surface area contributed by atoms with Crippen LogP contribution in [0.4, 0.5) is 22.7 Å². The maximum Gasteiger partial charge on any atom is 0.314 e. The van der Waals surface area contributed by atoms with Gasteiger partial charge in [-0.3, -0.25) is 19.2 Å². The van der Waals surface area contributed by atoms with Crippen molar-refractivity contribution < 1.29 is 19.2 Å². The molecule has 0 spiro atoms. The summed E-state index contributed by atoms with van der Waals surface area (Å²) in [6.07, 6.45) is 0. The third-order valence-electron chi connectivity index (χ3n) is 4.39. The quantitative estimate of drug-likeness (QED) is 0.578. The zero-order chi connectivity index (χ0) is 22.6. The predicted molar refractivity (Wildman–Crippen MR) is 118 cm³/mol. The Labute approximate surface area is 175 Å². The van der Waals surface area contributed by atoms with Crippen LogP contribution < -0.4 is 21.3 Å². The Hall–Kier alpha value is -3.68. The van der Waals surface area contributed by atoms with Gasteiger partial charge in [-0.15, -0.1) is 0 Å². The highest BCUT2D eigenvalue weighted by Gasteiger charge is 2.17. The molecular formula is C22H26N4O4. The van der Waals surface area contributed by atoms with Crippen LogP contribution in [0.2, 0.25) is 0 Å². The summed E-state index contributed by atoms with van der Waals surface area (Å²) in [4.78, 5) is 47.3. The van der Waals surface area contributed by atoms with Gasteiger partial charge in [0.2, 0.25) is 11.8 Å². The van der Waals surface area contributed by atoms with Crippen molar-refractivity contribution in [2.45, 2.75) is 41.5 Å². The van der Waals surface area contributed by atoms with Gasteiger partial charge in [0.1, 0.15) is 0 Å². The first kappa shape index (κ1) is 22.6. The SMILES string of the molecule is CC(=O)Nc1c(C)cc(NC(=O)C(=O)Nc2cc(C)c(NC(C)=O)c(C)c2)cc1C. The number of carbonyl (C=O) groups is 4. The zero-order valence-electron chi connectivity index (χ0n) is 17.9. The van der Waals surface area contributed by atoms with Gasteiger partial charge in [0.05, 0.1) is 0 Å². The molecule has 158 valence electrons. The normalized spacial score (nSPS) is 10.2. The molecule has 0 heterocycles. The predicted octanol–water partition coefficient (Wildman–Crippen LogP) is 3.41. The average Bonchev–Trinajstić information content (AvgIpc) is 2.61. The summed E-state index contributed by atoms with van der Waals surface area (Å²) in [6.45, 7) is 10.1. The van der Waals surface area contributed by atoms with Gasteiger partial charge >= 0.3 is 11.8 Å². The number of benzene rings is 2. The number of nitrogens with one attached hydrogen (secondary N) is 4. The molecule has 4 N–H and O–H groups in total. The second kappa shape index (κ2) is 9.21. The van der Waals surface area contributed by atoms with Gasteiger partial charge in [-0.05, 0) is 74.2 Å². The molecule has 4 amide bonds. The molecule has 0 fully saturated rings. The highest BCUT2D eigenvalue weighted by Crippen LogP contribution is 2.26. The van der Waals surface area contributed by atoms with E-state index in [0.717, 1.165) is 22.3 Å². The number of hydrogen-bond donors (Lipinski definition) is 4. The molecule has 0 saturated carbocycles. The standard InChI is InChI=1S/C22H26N4O4/c1-11-7-17(8-12(2)19(11)23-15(5)27)25-21(29)22(30)26-18-9-13(3)20(14(4)10-18)24-16(6)28/h7-10H,1-6H3,(H,23,27)(H,24,28)(H,25,29)(H,26,30). The van der Waals surface area contributed by atoms with E-state index in [1.807, 2.05) is 0 Å². The van der Waals surface area contributed by atoms with Crippen LogP contribution in [-0.4, -0.2) is 23.6 Å². The third kappa shape index (κ3) is 5.66. The highest BCUT2D eigenvalue weighted by atomic mass is 16.2. The average molecular weight is 410 g/mol. The van der Waals surface area contributed by atoms with Crippen LogP contribution in [0.1, 0.15) is 36.1 Å². The van der Waals surface area contributed by atoms with Crippen LogP contribution in [-0.2, 0) is 19.2 Å². The van der Waals surface area contributed by atoms with Gasteiger partial charge < -0.3 is 21.3 Å². The molecule has 0 aliphatic rings. The first-order chi connectivity index (χ1) is 14.0. The minimum atomic E-state index is -0.817. The van der Waals surface area contributed by atoms with Crippen LogP contribution in [0, 0.1) is 27.7 Å². The van der Waals surface area contributed by atoms with E-state index in [2.05, 4.69) is 21.3 Å². The second-order valence-corrected chi connectivity index (χ2v) is 7.24.